The summed E-state index contributed by atoms with van der Waals surface area (Å²) in [5, 5.41) is 3.99. The van der Waals surface area contributed by atoms with Gasteiger partial charge < -0.3 is 5.32 Å². The lowest BCUT2D eigenvalue weighted by molar-refractivity contribution is 0.574. The predicted octanol–water partition coefficient (Wildman–Crippen LogP) is 8.71. The highest BCUT2D eigenvalue weighted by Gasteiger charge is 2.19. The Bertz CT molecular complexity index is 1140. The van der Waals surface area contributed by atoms with E-state index >= 15 is 0 Å². The van der Waals surface area contributed by atoms with E-state index in [9.17, 15) is 4.39 Å². The largest absolute Gasteiger partial charge is 0.367 e. The van der Waals surface area contributed by atoms with Crippen LogP contribution in [0.1, 0.15) is 49.9 Å². The molecule has 0 spiro atoms. The van der Waals surface area contributed by atoms with Crippen LogP contribution in [-0.2, 0) is 6.42 Å². The molecule has 0 bridgehead atoms. The Labute approximate surface area is 202 Å². The average molecular weight is 465 g/mol. The minimum Gasteiger partial charge on any atom is -0.367 e. The molecule has 0 saturated heterocycles. The van der Waals surface area contributed by atoms with Crippen molar-refractivity contribution in [3.8, 4) is 22.3 Å². The molecule has 0 saturated carbocycles. The summed E-state index contributed by atoms with van der Waals surface area (Å²) in [6.07, 6.45) is 4.72. The van der Waals surface area contributed by atoms with Crippen molar-refractivity contribution in [3.05, 3.63) is 81.3 Å². The third kappa shape index (κ3) is 5.65. The van der Waals surface area contributed by atoms with E-state index in [1.807, 2.05) is 37.4 Å². The molecular weight excluding hydrogens is 431 g/mol. The number of rotatable bonds is 7. The van der Waals surface area contributed by atoms with Crippen LogP contribution in [0.15, 0.2) is 48.2 Å². The van der Waals surface area contributed by atoms with Crippen LogP contribution in [0.3, 0.4) is 0 Å². The fraction of sp³-hybridized carbons (Fsp3) is 0.345. The molecular formula is C29H34ClFN2. The van der Waals surface area contributed by atoms with Crippen LogP contribution >= 0.6 is 11.6 Å². The van der Waals surface area contributed by atoms with Crippen molar-refractivity contribution >= 4 is 17.4 Å². The number of benzene rings is 2. The van der Waals surface area contributed by atoms with Gasteiger partial charge in [-0.25, -0.2) is 9.37 Å². The standard InChI is InChI=1S/C29H34ClFN2/c1-17(2)12-13-32-26-11-10-24(16-33-26)28-20(6)19(5)27(21(7)29(28)30)23-9-8-22(14-18(3)4)25(31)15-23/h8-12,15-16,18H,13-14H2,1-7H3,(H,32,33). The Morgan fingerprint density at radius 3 is 2.24 bits per heavy atom. The highest BCUT2D eigenvalue weighted by molar-refractivity contribution is 6.35. The first-order valence-electron chi connectivity index (χ1n) is 11.5. The molecule has 0 fully saturated rings. The molecule has 0 atom stereocenters. The second-order valence-corrected chi connectivity index (χ2v) is 9.82. The molecule has 0 aliphatic carbocycles. The number of aromatic nitrogens is 1. The van der Waals surface area contributed by atoms with Gasteiger partial charge in [0.25, 0.3) is 0 Å². The van der Waals surface area contributed by atoms with Crippen LogP contribution in [0, 0.1) is 32.5 Å². The van der Waals surface area contributed by atoms with E-state index in [-0.39, 0.29) is 5.82 Å². The number of pyridine rings is 1. The van der Waals surface area contributed by atoms with Crippen LogP contribution in [-0.4, -0.2) is 11.5 Å². The normalized spacial score (nSPS) is 11.1. The number of halogens is 2. The summed E-state index contributed by atoms with van der Waals surface area (Å²) in [5.41, 5.74) is 8.99. The summed E-state index contributed by atoms with van der Waals surface area (Å²) in [6.45, 7) is 15.3. The Morgan fingerprint density at radius 2 is 1.67 bits per heavy atom. The Balaban J connectivity index is 2.00. The number of nitrogens with zero attached hydrogens (tertiary/aromatic N) is 1. The van der Waals surface area contributed by atoms with Gasteiger partial charge in [-0.1, -0.05) is 49.2 Å². The quantitative estimate of drug-likeness (QED) is 0.353. The molecule has 1 heterocycles. The van der Waals surface area contributed by atoms with E-state index in [2.05, 4.69) is 57.9 Å². The van der Waals surface area contributed by atoms with Gasteiger partial charge >= 0.3 is 0 Å². The molecule has 1 aromatic heterocycles. The van der Waals surface area contributed by atoms with Crippen LogP contribution in [0.4, 0.5) is 10.2 Å². The molecule has 0 aliphatic heterocycles. The summed E-state index contributed by atoms with van der Waals surface area (Å²) in [4.78, 5) is 4.57. The summed E-state index contributed by atoms with van der Waals surface area (Å²) in [7, 11) is 0. The van der Waals surface area contributed by atoms with E-state index in [0.717, 1.165) is 63.3 Å². The van der Waals surface area contributed by atoms with Crippen molar-refractivity contribution in [2.75, 3.05) is 11.9 Å². The first kappa shape index (κ1) is 25.0. The van der Waals surface area contributed by atoms with E-state index in [0.29, 0.717) is 10.9 Å². The average Bonchev–Trinajstić information content (AvgIpc) is 2.75. The summed E-state index contributed by atoms with van der Waals surface area (Å²) in [5.74, 6) is 1.08. The van der Waals surface area contributed by atoms with E-state index < -0.39 is 0 Å². The second kappa shape index (κ2) is 10.5. The lowest BCUT2D eigenvalue weighted by Gasteiger charge is -2.20. The smallest absolute Gasteiger partial charge is 0.127 e. The summed E-state index contributed by atoms with van der Waals surface area (Å²) in [6, 6.07) is 9.60. The van der Waals surface area contributed by atoms with Gasteiger partial charge in [0, 0.05) is 23.9 Å². The van der Waals surface area contributed by atoms with Crippen molar-refractivity contribution in [2.45, 2.75) is 54.9 Å². The van der Waals surface area contributed by atoms with Crippen molar-refractivity contribution in [3.63, 3.8) is 0 Å². The van der Waals surface area contributed by atoms with Crippen molar-refractivity contribution in [1.82, 2.24) is 4.98 Å². The topological polar surface area (TPSA) is 24.9 Å². The molecule has 1 N–H and O–H groups in total. The van der Waals surface area contributed by atoms with E-state index in [1.165, 1.54) is 5.57 Å². The molecule has 2 aromatic carbocycles. The Hall–Kier alpha value is -2.65. The maximum Gasteiger partial charge on any atom is 0.127 e. The number of hydrogen-bond acceptors (Lipinski definition) is 2. The molecule has 0 unspecified atom stereocenters. The third-order valence-electron chi connectivity index (χ3n) is 6.05. The van der Waals surface area contributed by atoms with Gasteiger partial charge in [-0.15, -0.1) is 0 Å². The molecule has 2 nitrogen and oxygen atoms in total. The molecule has 33 heavy (non-hydrogen) atoms. The highest BCUT2D eigenvalue weighted by Crippen LogP contribution is 2.42. The first-order chi connectivity index (χ1) is 15.6. The van der Waals surface area contributed by atoms with Gasteiger partial charge in [-0.3, -0.25) is 0 Å². The van der Waals surface area contributed by atoms with Gasteiger partial charge in [0.1, 0.15) is 11.6 Å². The zero-order valence-electron chi connectivity index (χ0n) is 20.7. The zero-order chi connectivity index (χ0) is 24.3. The monoisotopic (exact) mass is 464 g/mol. The maximum absolute atomic E-state index is 14.8. The van der Waals surface area contributed by atoms with Crippen molar-refractivity contribution < 1.29 is 4.39 Å². The molecule has 0 radical (unpaired) electrons. The van der Waals surface area contributed by atoms with Crippen LogP contribution in [0.5, 0.6) is 0 Å². The van der Waals surface area contributed by atoms with Crippen LogP contribution < -0.4 is 5.32 Å². The fourth-order valence-corrected chi connectivity index (χ4v) is 4.55. The number of hydrogen-bond donors (Lipinski definition) is 1. The molecule has 0 aliphatic rings. The highest BCUT2D eigenvalue weighted by atomic mass is 35.5. The first-order valence-corrected chi connectivity index (χ1v) is 11.9. The number of allylic oxidation sites excluding steroid dienone is 1. The van der Waals surface area contributed by atoms with Crippen LogP contribution in [0.2, 0.25) is 5.02 Å². The lowest BCUT2D eigenvalue weighted by atomic mass is 9.87. The number of anilines is 1. The maximum atomic E-state index is 14.8. The van der Waals surface area contributed by atoms with Gasteiger partial charge in [-0.2, -0.15) is 0 Å². The molecule has 4 heteroatoms. The zero-order valence-corrected chi connectivity index (χ0v) is 21.5. The minimum absolute atomic E-state index is 0.154. The van der Waals surface area contributed by atoms with Crippen molar-refractivity contribution in [1.29, 1.82) is 0 Å². The van der Waals surface area contributed by atoms with Crippen molar-refractivity contribution in [2.24, 2.45) is 5.92 Å². The van der Waals surface area contributed by atoms with Gasteiger partial charge in [0.2, 0.25) is 0 Å². The van der Waals surface area contributed by atoms with E-state index in [4.69, 9.17) is 11.6 Å². The Kier molecular flexibility index (Phi) is 7.97. The molecule has 3 rings (SSSR count). The van der Waals surface area contributed by atoms with Gasteiger partial charge in [0.05, 0.1) is 5.02 Å². The van der Waals surface area contributed by atoms with Gasteiger partial charge in [0.15, 0.2) is 0 Å². The minimum atomic E-state index is -0.154. The summed E-state index contributed by atoms with van der Waals surface area (Å²) < 4.78 is 14.8. The predicted molar refractivity (Wildman–Crippen MR) is 141 cm³/mol. The fourth-order valence-electron chi connectivity index (χ4n) is 4.21. The SMILES string of the molecule is CC(C)=CCNc1ccc(-c2c(C)c(C)c(-c3ccc(CC(C)C)c(F)c3)c(C)c2Cl)cn1. The number of nitrogens with one attached hydrogen (secondary N) is 1. The third-order valence-corrected chi connectivity index (χ3v) is 6.52. The molecule has 174 valence electrons. The Morgan fingerprint density at radius 1 is 1.00 bits per heavy atom. The second-order valence-electron chi connectivity index (χ2n) is 9.44. The lowest BCUT2D eigenvalue weighted by Crippen LogP contribution is -2.02. The molecule has 0 amide bonds. The summed E-state index contributed by atoms with van der Waals surface area (Å²) >= 11 is 6.91. The van der Waals surface area contributed by atoms with Gasteiger partial charge in [-0.05, 0) is 98.5 Å². The van der Waals surface area contributed by atoms with E-state index in [1.54, 1.807) is 6.07 Å². The molecule has 3 aromatic rings. The van der Waals surface area contributed by atoms with Crippen LogP contribution in [0.25, 0.3) is 22.3 Å².